The van der Waals surface area contributed by atoms with Gasteiger partial charge < -0.3 is 4.74 Å². The first-order valence-corrected chi connectivity index (χ1v) is 9.45. The van der Waals surface area contributed by atoms with Crippen LogP contribution in [0.2, 0.25) is 0 Å². The fraction of sp³-hybridized carbons (Fsp3) is 0.208. The van der Waals surface area contributed by atoms with E-state index in [-0.39, 0.29) is 0 Å². The minimum atomic E-state index is 0.499. The lowest BCUT2D eigenvalue weighted by atomic mass is 9.99. The van der Waals surface area contributed by atoms with Crippen molar-refractivity contribution >= 4 is 5.57 Å². The van der Waals surface area contributed by atoms with Crippen LogP contribution in [0.1, 0.15) is 23.2 Å². The lowest BCUT2D eigenvalue weighted by molar-refractivity contribution is 0.291. The summed E-state index contributed by atoms with van der Waals surface area (Å²) in [6, 6.07) is 25.0. The van der Waals surface area contributed by atoms with Crippen LogP contribution in [0.3, 0.4) is 0 Å². The molecule has 1 aliphatic heterocycles. The summed E-state index contributed by atoms with van der Waals surface area (Å²) in [5.74, 6) is 0.884. The van der Waals surface area contributed by atoms with Gasteiger partial charge in [0.2, 0.25) is 0 Å². The van der Waals surface area contributed by atoms with Crippen molar-refractivity contribution in [3.8, 4) is 5.75 Å². The second-order valence-corrected chi connectivity index (χ2v) is 6.83. The maximum Gasteiger partial charge on any atom is 0.130 e. The third-order valence-electron chi connectivity index (χ3n) is 4.88. The molecular weight excluding hydrogens is 332 g/mol. The van der Waals surface area contributed by atoms with Gasteiger partial charge in [0, 0.05) is 25.8 Å². The Morgan fingerprint density at radius 2 is 1.70 bits per heavy atom. The van der Waals surface area contributed by atoms with Crippen LogP contribution in [0.5, 0.6) is 5.75 Å². The summed E-state index contributed by atoms with van der Waals surface area (Å²) in [5, 5.41) is 0. The van der Waals surface area contributed by atoms with E-state index in [1.54, 1.807) is 6.20 Å². The minimum absolute atomic E-state index is 0.499. The number of benzene rings is 2. The molecule has 1 aromatic heterocycles. The number of aromatic nitrogens is 1. The highest BCUT2D eigenvalue weighted by Gasteiger charge is 2.13. The van der Waals surface area contributed by atoms with E-state index < -0.39 is 0 Å². The lowest BCUT2D eigenvalue weighted by Crippen LogP contribution is -2.27. The molecule has 0 unspecified atom stereocenters. The molecule has 136 valence electrons. The van der Waals surface area contributed by atoms with E-state index in [0.717, 1.165) is 37.5 Å². The van der Waals surface area contributed by atoms with Crippen LogP contribution >= 0.6 is 0 Å². The number of ether oxygens (including phenoxy) is 1. The van der Waals surface area contributed by atoms with Crippen molar-refractivity contribution in [2.45, 2.75) is 19.6 Å². The predicted octanol–water partition coefficient (Wildman–Crippen LogP) is 4.95. The minimum Gasteiger partial charge on any atom is -0.487 e. The molecule has 0 atom stereocenters. The van der Waals surface area contributed by atoms with E-state index in [9.17, 15) is 0 Å². The highest BCUT2D eigenvalue weighted by molar-refractivity contribution is 5.66. The Balaban J connectivity index is 1.29. The van der Waals surface area contributed by atoms with Gasteiger partial charge in [-0.2, -0.15) is 0 Å². The first kappa shape index (κ1) is 17.5. The van der Waals surface area contributed by atoms with Gasteiger partial charge in [0.15, 0.2) is 0 Å². The molecule has 2 aromatic carbocycles. The summed E-state index contributed by atoms with van der Waals surface area (Å²) < 4.78 is 5.81. The molecule has 0 amide bonds. The predicted molar refractivity (Wildman–Crippen MR) is 109 cm³/mol. The van der Waals surface area contributed by atoms with E-state index in [2.05, 4.69) is 58.4 Å². The average molecular weight is 356 g/mol. The topological polar surface area (TPSA) is 25.4 Å². The first-order chi connectivity index (χ1) is 13.4. The zero-order chi connectivity index (χ0) is 18.3. The monoisotopic (exact) mass is 356 g/mol. The summed E-state index contributed by atoms with van der Waals surface area (Å²) in [5.41, 5.74) is 5.07. The Kier molecular flexibility index (Phi) is 5.61. The van der Waals surface area contributed by atoms with Crippen LogP contribution in [-0.2, 0) is 13.2 Å². The molecule has 0 fully saturated rings. The molecular formula is C24H24N2O. The SMILES string of the molecule is C1=C(c2ccccc2)CCN(Cc2ccc(OCc3ccccn3)cc2)C1. The molecule has 0 N–H and O–H groups in total. The van der Waals surface area contributed by atoms with Gasteiger partial charge in [-0.1, -0.05) is 54.6 Å². The molecule has 0 saturated carbocycles. The molecule has 3 heteroatoms. The third kappa shape index (κ3) is 4.83. The highest BCUT2D eigenvalue weighted by Crippen LogP contribution is 2.23. The normalized spacial score (nSPS) is 14.6. The van der Waals surface area contributed by atoms with Crippen LogP contribution in [0.15, 0.2) is 85.1 Å². The maximum atomic E-state index is 5.81. The lowest BCUT2D eigenvalue weighted by Gasteiger charge is -2.26. The second kappa shape index (κ2) is 8.65. The maximum absolute atomic E-state index is 5.81. The second-order valence-electron chi connectivity index (χ2n) is 6.83. The molecule has 27 heavy (non-hydrogen) atoms. The number of pyridine rings is 1. The molecule has 0 radical (unpaired) electrons. The Bertz CT molecular complexity index is 873. The molecule has 4 rings (SSSR count). The van der Waals surface area contributed by atoms with Crippen molar-refractivity contribution in [1.29, 1.82) is 0 Å². The van der Waals surface area contributed by atoms with Crippen LogP contribution in [-0.4, -0.2) is 23.0 Å². The summed E-state index contributed by atoms with van der Waals surface area (Å²) in [6.45, 7) is 3.57. The third-order valence-corrected chi connectivity index (χ3v) is 4.88. The molecule has 3 nitrogen and oxygen atoms in total. The van der Waals surface area contributed by atoms with Crippen LogP contribution in [0.4, 0.5) is 0 Å². The van der Waals surface area contributed by atoms with Crippen molar-refractivity contribution in [3.63, 3.8) is 0 Å². The molecule has 0 saturated heterocycles. The first-order valence-electron chi connectivity index (χ1n) is 9.45. The Morgan fingerprint density at radius 3 is 2.41 bits per heavy atom. The molecule has 3 aromatic rings. The summed E-state index contributed by atoms with van der Waals surface area (Å²) in [4.78, 5) is 6.76. The average Bonchev–Trinajstić information content (AvgIpc) is 2.75. The van der Waals surface area contributed by atoms with Gasteiger partial charge in [-0.3, -0.25) is 9.88 Å². The Morgan fingerprint density at radius 1 is 0.889 bits per heavy atom. The highest BCUT2D eigenvalue weighted by atomic mass is 16.5. The van der Waals surface area contributed by atoms with Crippen molar-refractivity contribution in [2.24, 2.45) is 0 Å². The zero-order valence-corrected chi connectivity index (χ0v) is 15.4. The van der Waals surface area contributed by atoms with Crippen LogP contribution in [0, 0.1) is 0 Å². The van der Waals surface area contributed by atoms with Crippen LogP contribution < -0.4 is 4.74 Å². The Hall–Kier alpha value is -2.91. The van der Waals surface area contributed by atoms with E-state index in [1.165, 1.54) is 16.7 Å². The standard InChI is InChI=1S/C24H24N2O/c1-2-6-21(7-3-1)22-13-16-26(17-14-22)18-20-9-11-24(12-10-20)27-19-23-8-4-5-15-25-23/h1-13,15H,14,16-19H2. The van der Waals surface area contributed by atoms with E-state index in [1.807, 2.05) is 30.3 Å². The fourth-order valence-electron chi connectivity index (χ4n) is 3.36. The summed E-state index contributed by atoms with van der Waals surface area (Å²) in [7, 11) is 0. The van der Waals surface area contributed by atoms with Gasteiger partial charge in [0.25, 0.3) is 0 Å². The van der Waals surface area contributed by atoms with Gasteiger partial charge >= 0.3 is 0 Å². The molecule has 2 heterocycles. The van der Waals surface area contributed by atoms with Crippen molar-refractivity contribution < 1.29 is 4.74 Å². The van der Waals surface area contributed by atoms with Gasteiger partial charge in [0.05, 0.1) is 5.69 Å². The van der Waals surface area contributed by atoms with Gasteiger partial charge in [-0.15, -0.1) is 0 Å². The molecule has 0 spiro atoms. The summed E-state index contributed by atoms with van der Waals surface area (Å²) >= 11 is 0. The zero-order valence-electron chi connectivity index (χ0n) is 15.4. The van der Waals surface area contributed by atoms with E-state index >= 15 is 0 Å². The van der Waals surface area contributed by atoms with Gasteiger partial charge in [-0.05, 0) is 47.4 Å². The Labute approximate surface area is 160 Å². The van der Waals surface area contributed by atoms with Crippen molar-refractivity contribution in [2.75, 3.05) is 13.1 Å². The molecule has 0 aliphatic carbocycles. The van der Waals surface area contributed by atoms with Crippen molar-refractivity contribution in [1.82, 2.24) is 9.88 Å². The quantitative estimate of drug-likeness (QED) is 0.625. The molecule has 0 bridgehead atoms. The number of rotatable bonds is 6. The smallest absolute Gasteiger partial charge is 0.130 e. The number of hydrogen-bond donors (Lipinski definition) is 0. The largest absolute Gasteiger partial charge is 0.487 e. The van der Waals surface area contributed by atoms with Gasteiger partial charge in [0.1, 0.15) is 12.4 Å². The summed E-state index contributed by atoms with van der Waals surface area (Å²) in [6.07, 6.45) is 5.26. The van der Waals surface area contributed by atoms with Gasteiger partial charge in [-0.25, -0.2) is 0 Å². The van der Waals surface area contributed by atoms with Crippen LogP contribution in [0.25, 0.3) is 5.57 Å². The van der Waals surface area contributed by atoms with E-state index in [4.69, 9.17) is 4.74 Å². The van der Waals surface area contributed by atoms with Crippen molar-refractivity contribution in [3.05, 3.63) is 102 Å². The van der Waals surface area contributed by atoms with E-state index in [0.29, 0.717) is 6.61 Å². The number of hydrogen-bond acceptors (Lipinski definition) is 3. The fourth-order valence-corrected chi connectivity index (χ4v) is 3.36. The number of nitrogens with zero attached hydrogens (tertiary/aromatic N) is 2. The molecule has 1 aliphatic rings.